The Morgan fingerprint density at radius 1 is 1.47 bits per heavy atom. The first-order chi connectivity index (χ1) is 8.82. The molecule has 1 amide bonds. The molecule has 1 aliphatic carbocycles. The highest BCUT2D eigenvalue weighted by atomic mass is 16.1. The fourth-order valence-corrected chi connectivity index (χ4v) is 2.66. The van der Waals surface area contributed by atoms with E-state index in [1.165, 1.54) is 0 Å². The summed E-state index contributed by atoms with van der Waals surface area (Å²) in [5.74, 6) is -0.00305. The summed E-state index contributed by atoms with van der Waals surface area (Å²) in [4.78, 5) is 12.1. The molecule has 1 heterocycles. The van der Waals surface area contributed by atoms with Crippen molar-refractivity contribution in [2.75, 3.05) is 5.32 Å². The van der Waals surface area contributed by atoms with Crippen LogP contribution in [0.1, 0.15) is 57.0 Å². The van der Waals surface area contributed by atoms with E-state index in [-0.39, 0.29) is 17.5 Å². The summed E-state index contributed by atoms with van der Waals surface area (Å²) in [6.45, 7) is 8.06. The predicted octanol–water partition coefficient (Wildman–Crippen LogP) is 2.29. The van der Waals surface area contributed by atoms with Gasteiger partial charge in [-0.2, -0.15) is 5.10 Å². The SMILES string of the molecule is Cc1nn(C(C)C)c(C)c1NC(=O)CC1(N)CCC1. The minimum Gasteiger partial charge on any atom is -0.325 e. The third-order valence-corrected chi connectivity index (χ3v) is 3.94. The maximum absolute atomic E-state index is 12.1. The third kappa shape index (κ3) is 2.81. The van der Waals surface area contributed by atoms with Crippen molar-refractivity contribution in [1.82, 2.24) is 9.78 Å². The zero-order valence-corrected chi connectivity index (χ0v) is 12.3. The Morgan fingerprint density at radius 3 is 2.53 bits per heavy atom. The lowest BCUT2D eigenvalue weighted by Crippen LogP contribution is -2.49. The first-order valence-electron chi connectivity index (χ1n) is 6.97. The molecule has 0 aromatic carbocycles. The van der Waals surface area contributed by atoms with Crippen LogP contribution in [0.5, 0.6) is 0 Å². The predicted molar refractivity (Wildman–Crippen MR) is 76.1 cm³/mol. The van der Waals surface area contributed by atoms with E-state index in [0.717, 1.165) is 36.3 Å². The molecule has 106 valence electrons. The number of hydrogen-bond donors (Lipinski definition) is 2. The van der Waals surface area contributed by atoms with Crippen LogP contribution in [0.2, 0.25) is 0 Å². The first-order valence-corrected chi connectivity index (χ1v) is 6.97. The minimum absolute atomic E-state index is 0.00305. The molecular formula is C14H24N4O. The number of carbonyl (C=O) groups excluding carboxylic acids is 1. The van der Waals surface area contributed by atoms with E-state index in [2.05, 4.69) is 24.3 Å². The molecule has 0 unspecified atom stereocenters. The number of nitrogens with two attached hydrogens (primary N) is 1. The molecule has 0 radical (unpaired) electrons. The summed E-state index contributed by atoms with van der Waals surface area (Å²) in [6, 6.07) is 0.289. The summed E-state index contributed by atoms with van der Waals surface area (Å²) in [5.41, 5.74) is 8.52. The number of aromatic nitrogens is 2. The van der Waals surface area contributed by atoms with Gasteiger partial charge in [0.05, 0.1) is 17.1 Å². The van der Waals surface area contributed by atoms with Gasteiger partial charge in [-0.15, -0.1) is 0 Å². The number of aryl methyl sites for hydroxylation is 1. The maximum atomic E-state index is 12.1. The lowest BCUT2D eigenvalue weighted by Gasteiger charge is -2.37. The van der Waals surface area contributed by atoms with Crippen LogP contribution in [0, 0.1) is 13.8 Å². The second kappa shape index (κ2) is 4.96. The van der Waals surface area contributed by atoms with Crippen LogP contribution in [0.25, 0.3) is 0 Å². The topological polar surface area (TPSA) is 72.9 Å². The molecule has 2 rings (SSSR count). The van der Waals surface area contributed by atoms with Gasteiger partial charge in [0.1, 0.15) is 0 Å². The number of amides is 1. The van der Waals surface area contributed by atoms with Crippen molar-refractivity contribution in [3.05, 3.63) is 11.4 Å². The number of rotatable bonds is 4. The highest BCUT2D eigenvalue weighted by Crippen LogP contribution is 2.32. The molecule has 0 atom stereocenters. The monoisotopic (exact) mass is 264 g/mol. The van der Waals surface area contributed by atoms with E-state index < -0.39 is 0 Å². The molecule has 0 aliphatic heterocycles. The Balaban J connectivity index is 2.08. The smallest absolute Gasteiger partial charge is 0.226 e. The van der Waals surface area contributed by atoms with E-state index >= 15 is 0 Å². The lowest BCUT2D eigenvalue weighted by molar-refractivity contribution is -0.118. The number of anilines is 1. The molecule has 5 heteroatoms. The zero-order chi connectivity index (χ0) is 14.2. The molecule has 1 aromatic rings. The van der Waals surface area contributed by atoms with Gasteiger partial charge in [-0.25, -0.2) is 0 Å². The Labute approximate surface area is 114 Å². The molecule has 3 N–H and O–H groups in total. The minimum atomic E-state index is -0.278. The Bertz CT molecular complexity index is 486. The van der Waals surface area contributed by atoms with Crippen LogP contribution in [0.4, 0.5) is 5.69 Å². The number of nitrogens with zero attached hydrogens (tertiary/aromatic N) is 2. The number of nitrogens with one attached hydrogen (secondary N) is 1. The number of carbonyl (C=O) groups is 1. The van der Waals surface area contributed by atoms with Crippen molar-refractivity contribution in [2.45, 2.75) is 65.0 Å². The molecule has 1 aliphatic rings. The quantitative estimate of drug-likeness (QED) is 0.876. The standard InChI is InChI=1S/C14H24N4O/c1-9(2)18-11(4)13(10(3)17-18)16-12(19)8-14(15)6-5-7-14/h9H,5-8,15H2,1-4H3,(H,16,19). The molecule has 1 fully saturated rings. The third-order valence-electron chi connectivity index (χ3n) is 3.94. The Hall–Kier alpha value is -1.36. The van der Waals surface area contributed by atoms with Gasteiger partial charge in [0.25, 0.3) is 0 Å². The van der Waals surface area contributed by atoms with Gasteiger partial charge in [-0.05, 0) is 47.0 Å². The van der Waals surface area contributed by atoms with Gasteiger partial charge in [0, 0.05) is 18.0 Å². The molecular weight excluding hydrogens is 240 g/mol. The van der Waals surface area contributed by atoms with E-state index in [9.17, 15) is 4.79 Å². The van der Waals surface area contributed by atoms with Gasteiger partial charge >= 0.3 is 0 Å². The van der Waals surface area contributed by atoms with Gasteiger partial charge < -0.3 is 11.1 Å². The Morgan fingerprint density at radius 2 is 2.11 bits per heavy atom. The van der Waals surface area contributed by atoms with Crippen LogP contribution in [-0.4, -0.2) is 21.2 Å². The van der Waals surface area contributed by atoms with Crippen molar-refractivity contribution in [3.8, 4) is 0 Å². The summed E-state index contributed by atoms with van der Waals surface area (Å²) >= 11 is 0. The molecule has 0 bridgehead atoms. The molecule has 0 saturated heterocycles. The molecule has 0 spiro atoms. The summed E-state index contributed by atoms with van der Waals surface area (Å²) < 4.78 is 1.94. The van der Waals surface area contributed by atoms with E-state index in [4.69, 9.17) is 5.73 Å². The normalized spacial score (nSPS) is 17.4. The molecule has 1 saturated carbocycles. The average Bonchev–Trinajstić information content (AvgIpc) is 2.55. The molecule has 5 nitrogen and oxygen atoms in total. The van der Waals surface area contributed by atoms with Crippen LogP contribution in [0.3, 0.4) is 0 Å². The summed E-state index contributed by atoms with van der Waals surface area (Å²) in [7, 11) is 0. The number of hydrogen-bond acceptors (Lipinski definition) is 3. The van der Waals surface area contributed by atoms with Crippen molar-refractivity contribution >= 4 is 11.6 Å². The van der Waals surface area contributed by atoms with Crippen molar-refractivity contribution < 1.29 is 4.79 Å². The van der Waals surface area contributed by atoms with Gasteiger partial charge in [-0.1, -0.05) is 0 Å². The van der Waals surface area contributed by atoms with E-state index in [0.29, 0.717) is 6.42 Å². The second-order valence-electron chi connectivity index (χ2n) is 6.03. The summed E-state index contributed by atoms with van der Waals surface area (Å²) in [5, 5.41) is 7.44. The Kier molecular flexibility index (Phi) is 3.67. The van der Waals surface area contributed by atoms with Crippen molar-refractivity contribution in [2.24, 2.45) is 5.73 Å². The van der Waals surface area contributed by atoms with Crippen LogP contribution >= 0.6 is 0 Å². The van der Waals surface area contributed by atoms with Crippen LogP contribution in [-0.2, 0) is 4.79 Å². The first kappa shape index (κ1) is 14.1. The molecule has 19 heavy (non-hydrogen) atoms. The second-order valence-corrected chi connectivity index (χ2v) is 6.03. The van der Waals surface area contributed by atoms with Gasteiger partial charge in [0.2, 0.25) is 5.91 Å². The molecule has 1 aromatic heterocycles. The lowest BCUT2D eigenvalue weighted by atomic mass is 9.75. The highest BCUT2D eigenvalue weighted by molar-refractivity contribution is 5.92. The highest BCUT2D eigenvalue weighted by Gasteiger charge is 2.34. The zero-order valence-electron chi connectivity index (χ0n) is 12.3. The van der Waals surface area contributed by atoms with E-state index in [1.807, 2.05) is 18.5 Å². The van der Waals surface area contributed by atoms with Gasteiger partial charge in [0.15, 0.2) is 0 Å². The van der Waals surface area contributed by atoms with E-state index in [1.54, 1.807) is 0 Å². The van der Waals surface area contributed by atoms with Gasteiger partial charge in [-0.3, -0.25) is 9.48 Å². The average molecular weight is 264 g/mol. The fourth-order valence-electron chi connectivity index (χ4n) is 2.66. The van der Waals surface area contributed by atoms with Crippen LogP contribution in [0.15, 0.2) is 0 Å². The maximum Gasteiger partial charge on any atom is 0.226 e. The van der Waals surface area contributed by atoms with Crippen LogP contribution < -0.4 is 11.1 Å². The van der Waals surface area contributed by atoms with Crippen molar-refractivity contribution in [1.29, 1.82) is 0 Å². The largest absolute Gasteiger partial charge is 0.325 e. The van der Waals surface area contributed by atoms with Crippen molar-refractivity contribution in [3.63, 3.8) is 0 Å². The summed E-state index contributed by atoms with van der Waals surface area (Å²) in [6.07, 6.45) is 3.43. The fraction of sp³-hybridized carbons (Fsp3) is 0.714.